The lowest BCUT2D eigenvalue weighted by Gasteiger charge is -2.21. The van der Waals surface area contributed by atoms with Crippen LogP contribution in [0.2, 0.25) is 0 Å². The van der Waals surface area contributed by atoms with Crippen LogP contribution in [0.1, 0.15) is 44.5 Å². The van der Waals surface area contributed by atoms with Gasteiger partial charge in [0, 0.05) is 12.1 Å². The number of benzene rings is 1. The fourth-order valence-electron chi connectivity index (χ4n) is 1.69. The average molecular weight is 295 g/mol. The Balaban J connectivity index is 2.82. The highest BCUT2D eigenvalue weighted by atomic mass is 16.5. The van der Waals surface area contributed by atoms with Gasteiger partial charge in [-0.3, -0.25) is 4.79 Å². The van der Waals surface area contributed by atoms with E-state index in [-0.39, 0.29) is 12.5 Å². The maximum atomic E-state index is 12.1. The van der Waals surface area contributed by atoms with Gasteiger partial charge in [0.2, 0.25) is 0 Å². The van der Waals surface area contributed by atoms with Gasteiger partial charge in [-0.2, -0.15) is 0 Å². The molecule has 1 rings (SSSR count). The highest BCUT2D eigenvalue weighted by molar-refractivity contribution is 5.94. The van der Waals surface area contributed by atoms with E-state index in [9.17, 15) is 9.90 Å². The lowest BCUT2D eigenvalue weighted by Crippen LogP contribution is -2.40. The van der Waals surface area contributed by atoms with Gasteiger partial charge in [-0.05, 0) is 45.4 Å². The molecule has 0 bridgehead atoms. The van der Waals surface area contributed by atoms with Crippen LogP contribution in [0.5, 0.6) is 11.5 Å². The minimum Gasteiger partial charge on any atom is -0.490 e. The Labute approximate surface area is 126 Å². The SMILES string of the molecule is CCOc1ccc(C(=O)NCC(C)(O)CC)cc1OCC. The highest BCUT2D eigenvalue weighted by Crippen LogP contribution is 2.28. The molecule has 1 aromatic rings. The summed E-state index contributed by atoms with van der Waals surface area (Å²) in [7, 11) is 0. The fraction of sp³-hybridized carbons (Fsp3) is 0.562. The molecule has 0 aliphatic heterocycles. The third-order valence-corrected chi connectivity index (χ3v) is 3.20. The first kappa shape index (κ1) is 17.3. The van der Waals surface area contributed by atoms with Gasteiger partial charge in [-0.25, -0.2) is 0 Å². The van der Waals surface area contributed by atoms with Crippen molar-refractivity contribution in [3.63, 3.8) is 0 Å². The predicted molar refractivity (Wildman–Crippen MR) is 82.0 cm³/mol. The molecule has 0 aliphatic carbocycles. The summed E-state index contributed by atoms with van der Waals surface area (Å²) < 4.78 is 11.0. The van der Waals surface area contributed by atoms with E-state index in [0.717, 1.165) is 0 Å². The van der Waals surface area contributed by atoms with E-state index >= 15 is 0 Å². The summed E-state index contributed by atoms with van der Waals surface area (Å²) in [5, 5.41) is 12.6. The first-order valence-electron chi connectivity index (χ1n) is 7.33. The molecule has 21 heavy (non-hydrogen) atoms. The number of aliphatic hydroxyl groups is 1. The minimum absolute atomic E-state index is 0.208. The zero-order valence-electron chi connectivity index (χ0n) is 13.2. The Morgan fingerprint density at radius 3 is 2.38 bits per heavy atom. The number of rotatable bonds is 8. The first-order chi connectivity index (χ1) is 9.93. The van der Waals surface area contributed by atoms with Crippen molar-refractivity contribution in [3.05, 3.63) is 23.8 Å². The fourth-order valence-corrected chi connectivity index (χ4v) is 1.69. The molecule has 1 unspecified atom stereocenters. The third kappa shape index (κ3) is 5.27. The van der Waals surface area contributed by atoms with Crippen LogP contribution in [0, 0.1) is 0 Å². The molecule has 1 aromatic carbocycles. The number of amides is 1. The first-order valence-corrected chi connectivity index (χ1v) is 7.33. The second kappa shape index (κ2) is 7.88. The van der Waals surface area contributed by atoms with Gasteiger partial charge in [0.05, 0.1) is 18.8 Å². The molecule has 118 valence electrons. The Bertz CT molecular complexity index is 471. The number of nitrogens with one attached hydrogen (secondary N) is 1. The second-order valence-corrected chi connectivity index (χ2v) is 5.06. The van der Waals surface area contributed by atoms with Gasteiger partial charge >= 0.3 is 0 Å². The van der Waals surface area contributed by atoms with Crippen molar-refractivity contribution >= 4 is 5.91 Å². The average Bonchev–Trinajstić information content (AvgIpc) is 2.47. The Hall–Kier alpha value is -1.75. The molecule has 5 nitrogen and oxygen atoms in total. The van der Waals surface area contributed by atoms with Crippen LogP contribution < -0.4 is 14.8 Å². The van der Waals surface area contributed by atoms with E-state index in [1.54, 1.807) is 25.1 Å². The zero-order chi connectivity index (χ0) is 15.9. The number of carbonyl (C=O) groups excluding carboxylic acids is 1. The molecule has 0 saturated heterocycles. The molecule has 0 heterocycles. The number of ether oxygens (including phenoxy) is 2. The summed E-state index contributed by atoms with van der Waals surface area (Å²) in [6, 6.07) is 5.06. The Morgan fingerprint density at radius 2 is 1.81 bits per heavy atom. The Kier molecular flexibility index (Phi) is 6.49. The van der Waals surface area contributed by atoms with Crippen molar-refractivity contribution in [2.24, 2.45) is 0 Å². The maximum absolute atomic E-state index is 12.1. The standard InChI is InChI=1S/C16H25NO4/c1-5-16(4,19)11-17-15(18)12-8-9-13(20-6-2)14(10-12)21-7-3/h8-10,19H,5-7,11H2,1-4H3,(H,17,18). The Morgan fingerprint density at radius 1 is 1.19 bits per heavy atom. The molecule has 0 fully saturated rings. The van der Waals surface area contributed by atoms with Gasteiger partial charge in [-0.15, -0.1) is 0 Å². The quantitative estimate of drug-likeness (QED) is 0.772. The zero-order valence-corrected chi connectivity index (χ0v) is 13.2. The molecule has 1 amide bonds. The van der Waals surface area contributed by atoms with E-state index in [2.05, 4.69) is 5.32 Å². The van der Waals surface area contributed by atoms with Gasteiger partial charge in [0.15, 0.2) is 11.5 Å². The van der Waals surface area contributed by atoms with Crippen molar-refractivity contribution < 1.29 is 19.4 Å². The summed E-state index contributed by atoms with van der Waals surface area (Å²) in [4.78, 5) is 12.1. The largest absolute Gasteiger partial charge is 0.490 e. The van der Waals surface area contributed by atoms with Gasteiger partial charge < -0.3 is 19.9 Å². The minimum atomic E-state index is -0.899. The van der Waals surface area contributed by atoms with Gasteiger partial charge in [0.1, 0.15) is 0 Å². The molecular weight excluding hydrogens is 270 g/mol. The normalized spacial score (nSPS) is 13.4. The molecule has 0 saturated carbocycles. The summed E-state index contributed by atoms with van der Waals surface area (Å²) in [5.74, 6) is 0.929. The van der Waals surface area contributed by atoms with Crippen LogP contribution in [0.4, 0.5) is 0 Å². The van der Waals surface area contributed by atoms with Crippen molar-refractivity contribution in [2.45, 2.75) is 39.7 Å². The molecule has 0 radical (unpaired) electrons. The summed E-state index contributed by atoms with van der Waals surface area (Å²) in [6.45, 7) is 8.57. The molecule has 0 spiro atoms. The summed E-state index contributed by atoms with van der Waals surface area (Å²) >= 11 is 0. The van der Waals surface area contributed by atoms with Crippen LogP contribution in [0.15, 0.2) is 18.2 Å². The lowest BCUT2D eigenvalue weighted by atomic mass is 10.0. The van der Waals surface area contributed by atoms with E-state index in [0.29, 0.717) is 36.7 Å². The summed E-state index contributed by atoms with van der Waals surface area (Å²) in [6.07, 6.45) is 0.570. The highest BCUT2D eigenvalue weighted by Gasteiger charge is 2.19. The summed E-state index contributed by atoms with van der Waals surface area (Å²) in [5.41, 5.74) is -0.419. The maximum Gasteiger partial charge on any atom is 0.251 e. The van der Waals surface area contributed by atoms with Crippen LogP contribution in [0.25, 0.3) is 0 Å². The van der Waals surface area contributed by atoms with Crippen molar-refractivity contribution in [3.8, 4) is 11.5 Å². The number of hydrogen-bond acceptors (Lipinski definition) is 4. The lowest BCUT2D eigenvalue weighted by molar-refractivity contribution is 0.0518. The van der Waals surface area contributed by atoms with Crippen LogP contribution in [-0.2, 0) is 0 Å². The van der Waals surface area contributed by atoms with E-state index < -0.39 is 5.60 Å². The smallest absolute Gasteiger partial charge is 0.251 e. The van der Waals surface area contributed by atoms with Gasteiger partial charge in [0.25, 0.3) is 5.91 Å². The number of carbonyl (C=O) groups is 1. The van der Waals surface area contributed by atoms with Crippen LogP contribution in [-0.4, -0.2) is 36.4 Å². The van der Waals surface area contributed by atoms with E-state index in [1.165, 1.54) is 0 Å². The molecule has 2 N–H and O–H groups in total. The van der Waals surface area contributed by atoms with E-state index in [4.69, 9.17) is 9.47 Å². The van der Waals surface area contributed by atoms with Gasteiger partial charge in [-0.1, -0.05) is 6.92 Å². The molecule has 0 aliphatic rings. The molecule has 5 heteroatoms. The third-order valence-electron chi connectivity index (χ3n) is 3.20. The molecule has 0 aromatic heterocycles. The van der Waals surface area contributed by atoms with E-state index in [1.807, 2.05) is 20.8 Å². The monoisotopic (exact) mass is 295 g/mol. The second-order valence-electron chi connectivity index (χ2n) is 5.06. The number of hydrogen-bond donors (Lipinski definition) is 2. The van der Waals surface area contributed by atoms with Crippen LogP contribution >= 0.6 is 0 Å². The molecular formula is C16H25NO4. The molecule has 1 atom stereocenters. The van der Waals surface area contributed by atoms with Crippen LogP contribution in [0.3, 0.4) is 0 Å². The van der Waals surface area contributed by atoms with Crippen molar-refractivity contribution in [1.29, 1.82) is 0 Å². The van der Waals surface area contributed by atoms with Crippen molar-refractivity contribution in [2.75, 3.05) is 19.8 Å². The topological polar surface area (TPSA) is 67.8 Å². The predicted octanol–water partition coefficient (Wildman–Crippen LogP) is 2.37. The van der Waals surface area contributed by atoms with Crippen molar-refractivity contribution in [1.82, 2.24) is 5.32 Å².